The van der Waals surface area contributed by atoms with Crippen LogP contribution in [0, 0.1) is 0 Å². The molecule has 76 valence electrons. The summed E-state index contributed by atoms with van der Waals surface area (Å²) in [5.41, 5.74) is -0.0629. The number of aliphatic carboxylic acids is 2. The summed E-state index contributed by atoms with van der Waals surface area (Å²) < 4.78 is 0. The number of hydrogen-bond acceptors (Lipinski definition) is 4. The van der Waals surface area contributed by atoms with Crippen LogP contribution in [0.5, 0.6) is 0 Å². The summed E-state index contributed by atoms with van der Waals surface area (Å²) in [5.74, 6) is -4.03. The molecule has 0 aliphatic carbocycles. The third-order valence-electron chi connectivity index (χ3n) is 1.18. The van der Waals surface area contributed by atoms with Crippen molar-refractivity contribution in [3.63, 3.8) is 0 Å². The van der Waals surface area contributed by atoms with E-state index in [1.54, 1.807) is 0 Å². The minimum atomic E-state index is -1.64. The predicted octanol–water partition coefficient (Wildman–Crippen LogP) is 0.113. The summed E-state index contributed by atoms with van der Waals surface area (Å²) in [7, 11) is 0. The second-order valence-electron chi connectivity index (χ2n) is 2.28. The van der Waals surface area contributed by atoms with Crippen molar-refractivity contribution < 1.29 is 29.7 Å². The molecule has 0 bridgehead atoms. The highest BCUT2D eigenvalue weighted by molar-refractivity contribution is 6.37. The molecule has 6 nitrogen and oxygen atoms in total. The van der Waals surface area contributed by atoms with E-state index in [0.29, 0.717) is 12.3 Å². The van der Waals surface area contributed by atoms with E-state index in [0.717, 1.165) is 6.08 Å². The summed E-state index contributed by atoms with van der Waals surface area (Å²) in [5, 5.41) is 24.9. The second-order valence-corrected chi connectivity index (χ2v) is 2.28. The van der Waals surface area contributed by atoms with Gasteiger partial charge in [0.05, 0.1) is 12.7 Å². The third-order valence-corrected chi connectivity index (χ3v) is 1.18. The lowest BCUT2D eigenvalue weighted by molar-refractivity contribution is -0.146. The van der Waals surface area contributed by atoms with Crippen LogP contribution in [0.3, 0.4) is 0 Å². The van der Waals surface area contributed by atoms with Gasteiger partial charge in [-0.3, -0.25) is 9.59 Å². The Morgan fingerprint density at radius 1 is 1.07 bits per heavy atom. The topological polar surface area (TPSA) is 112 Å². The molecule has 0 atom stereocenters. The van der Waals surface area contributed by atoms with Gasteiger partial charge in [-0.1, -0.05) is 6.08 Å². The molecule has 0 aromatic carbocycles. The maximum absolute atomic E-state index is 10.5. The lowest BCUT2D eigenvalue weighted by atomic mass is 10.2. The van der Waals surface area contributed by atoms with Crippen LogP contribution in [0.25, 0.3) is 0 Å². The smallest absolute Gasteiger partial charge is 0.376 e. The lowest BCUT2D eigenvalue weighted by Crippen LogP contribution is -2.08. The average molecular weight is 200 g/mol. The standard InChI is InChI=1S/C8H8O6/c9-4-5(3-7(11)12)1-2-6(10)8(13)14/h1-2,4,9H,3H2,(H,11,12)(H,13,14)/b2-1-,5-4-. The fraction of sp³-hybridized carbons (Fsp3) is 0.125. The number of carboxylic acids is 2. The molecule has 6 heteroatoms. The van der Waals surface area contributed by atoms with Gasteiger partial charge in [0.15, 0.2) is 0 Å². The molecule has 0 aliphatic heterocycles. The number of hydrogen-bond donors (Lipinski definition) is 3. The van der Waals surface area contributed by atoms with Crippen LogP contribution in [0.4, 0.5) is 0 Å². The number of carbonyl (C=O) groups excluding carboxylic acids is 1. The Morgan fingerprint density at radius 2 is 1.64 bits per heavy atom. The first-order chi connectivity index (χ1) is 6.47. The van der Waals surface area contributed by atoms with E-state index < -0.39 is 24.1 Å². The Morgan fingerprint density at radius 3 is 2.00 bits per heavy atom. The second kappa shape index (κ2) is 5.52. The van der Waals surface area contributed by atoms with E-state index in [-0.39, 0.29) is 5.57 Å². The maximum Gasteiger partial charge on any atom is 0.376 e. The highest BCUT2D eigenvalue weighted by Crippen LogP contribution is 2.02. The van der Waals surface area contributed by atoms with E-state index >= 15 is 0 Å². The molecule has 0 aromatic heterocycles. The number of ketones is 1. The molecule has 0 saturated heterocycles. The van der Waals surface area contributed by atoms with E-state index in [1.807, 2.05) is 0 Å². The van der Waals surface area contributed by atoms with Gasteiger partial charge in [-0.2, -0.15) is 0 Å². The van der Waals surface area contributed by atoms with E-state index in [4.69, 9.17) is 15.3 Å². The fourth-order valence-electron chi connectivity index (χ4n) is 0.576. The van der Waals surface area contributed by atoms with Crippen LogP contribution >= 0.6 is 0 Å². The first-order valence-corrected chi connectivity index (χ1v) is 3.47. The molecule has 0 heterocycles. The Hall–Kier alpha value is -2.11. The van der Waals surface area contributed by atoms with Crippen LogP contribution in [-0.2, 0) is 14.4 Å². The molecule has 0 aromatic rings. The van der Waals surface area contributed by atoms with E-state index in [1.165, 1.54) is 0 Å². The summed E-state index contributed by atoms with van der Waals surface area (Å²) >= 11 is 0. The van der Waals surface area contributed by atoms with Gasteiger partial charge in [0.2, 0.25) is 0 Å². The van der Waals surface area contributed by atoms with Crippen LogP contribution in [-0.4, -0.2) is 33.0 Å². The normalized spacial score (nSPS) is 11.6. The molecule has 3 N–H and O–H groups in total. The average Bonchev–Trinajstić information content (AvgIpc) is 2.10. The van der Waals surface area contributed by atoms with Crippen molar-refractivity contribution in [2.75, 3.05) is 0 Å². The van der Waals surface area contributed by atoms with Gasteiger partial charge in [-0.05, 0) is 11.6 Å². The zero-order chi connectivity index (χ0) is 11.1. The predicted molar refractivity (Wildman–Crippen MR) is 44.7 cm³/mol. The molecule has 0 rings (SSSR count). The molecular formula is C8H8O6. The number of rotatable bonds is 5. The largest absolute Gasteiger partial charge is 0.515 e. The quantitative estimate of drug-likeness (QED) is 0.251. The Bertz CT molecular complexity index is 312. The van der Waals surface area contributed by atoms with Gasteiger partial charge in [0.25, 0.3) is 5.78 Å². The molecule has 0 saturated carbocycles. The number of carboxylic acid groups (broad SMARTS) is 2. The summed E-state index contributed by atoms with van der Waals surface area (Å²) in [6.07, 6.45) is 1.62. The highest BCUT2D eigenvalue weighted by Gasteiger charge is 2.07. The monoisotopic (exact) mass is 200 g/mol. The maximum atomic E-state index is 10.5. The Balaban J connectivity index is 4.41. The zero-order valence-electron chi connectivity index (χ0n) is 7.01. The summed E-state index contributed by atoms with van der Waals surface area (Å²) in [4.78, 5) is 30.7. The van der Waals surface area contributed by atoms with Crippen LogP contribution in [0.1, 0.15) is 6.42 Å². The van der Waals surface area contributed by atoms with Gasteiger partial charge in [0.1, 0.15) is 0 Å². The third kappa shape index (κ3) is 4.70. The van der Waals surface area contributed by atoms with Crippen LogP contribution in [0.15, 0.2) is 24.0 Å². The number of carbonyl (C=O) groups is 3. The Kier molecular flexibility index (Phi) is 4.69. The van der Waals surface area contributed by atoms with Crippen molar-refractivity contribution in [1.29, 1.82) is 0 Å². The summed E-state index contributed by atoms with van der Waals surface area (Å²) in [6.45, 7) is 0. The molecule has 0 spiro atoms. The van der Waals surface area contributed by atoms with Crippen molar-refractivity contribution in [3.8, 4) is 0 Å². The first-order valence-electron chi connectivity index (χ1n) is 3.47. The highest BCUT2D eigenvalue weighted by atomic mass is 16.4. The van der Waals surface area contributed by atoms with E-state index in [2.05, 4.69) is 0 Å². The Labute approximate surface area is 78.8 Å². The lowest BCUT2D eigenvalue weighted by Gasteiger charge is -1.93. The molecular weight excluding hydrogens is 192 g/mol. The van der Waals surface area contributed by atoms with E-state index in [9.17, 15) is 14.4 Å². The number of aliphatic hydroxyl groups excluding tert-OH is 1. The van der Waals surface area contributed by atoms with Gasteiger partial charge in [-0.15, -0.1) is 0 Å². The van der Waals surface area contributed by atoms with Crippen molar-refractivity contribution >= 4 is 17.7 Å². The molecule has 14 heavy (non-hydrogen) atoms. The molecule has 0 unspecified atom stereocenters. The summed E-state index contributed by atoms with van der Waals surface area (Å²) in [6, 6.07) is 0. The molecule has 0 aliphatic rings. The van der Waals surface area contributed by atoms with Gasteiger partial charge >= 0.3 is 11.9 Å². The van der Waals surface area contributed by atoms with Gasteiger partial charge in [-0.25, -0.2) is 4.79 Å². The van der Waals surface area contributed by atoms with Crippen molar-refractivity contribution in [2.45, 2.75) is 6.42 Å². The SMILES string of the molecule is O=C(O)CC(/C=C\C(=O)C(=O)O)=C\O. The van der Waals surface area contributed by atoms with Crippen LogP contribution < -0.4 is 0 Å². The number of allylic oxidation sites excluding steroid dienone is 1. The molecule has 0 amide bonds. The van der Waals surface area contributed by atoms with Crippen molar-refractivity contribution in [2.24, 2.45) is 0 Å². The minimum Gasteiger partial charge on any atom is -0.515 e. The van der Waals surface area contributed by atoms with Crippen molar-refractivity contribution in [3.05, 3.63) is 24.0 Å². The minimum absolute atomic E-state index is 0.0629. The molecule has 0 radical (unpaired) electrons. The first kappa shape index (κ1) is 11.9. The zero-order valence-corrected chi connectivity index (χ0v) is 7.01. The van der Waals surface area contributed by atoms with Crippen molar-refractivity contribution in [1.82, 2.24) is 0 Å². The van der Waals surface area contributed by atoms with Gasteiger partial charge < -0.3 is 15.3 Å². The van der Waals surface area contributed by atoms with Gasteiger partial charge in [0, 0.05) is 0 Å². The van der Waals surface area contributed by atoms with Crippen LogP contribution in [0.2, 0.25) is 0 Å². The molecule has 0 fully saturated rings. The fourth-order valence-corrected chi connectivity index (χ4v) is 0.576. The number of aliphatic hydroxyl groups is 1.